The van der Waals surface area contributed by atoms with Crippen LogP contribution in [-0.4, -0.2) is 82.6 Å². The number of phenolic OH excluding ortho intramolecular Hbond substituents is 1. The van der Waals surface area contributed by atoms with Crippen LogP contribution < -0.4 is 11.1 Å². The van der Waals surface area contributed by atoms with E-state index in [4.69, 9.17) is 10.5 Å². The second-order valence-electron chi connectivity index (χ2n) is 12.0. The van der Waals surface area contributed by atoms with Gasteiger partial charge in [-0.2, -0.15) is 0 Å². The van der Waals surface area contributed by atoms with Crippen molar-refractivity contribution in [2.75, 3.05) is 26.0 Å². The fourth-order valence-corrected chi connectivity index (χ4v) is 6.11. The van der Waals surface area contributed by atoms with Gasteiger partial charge in [-0.05, 0) is 49.9 Å². The molecule has 2 unspecified atom stereocenters. The van der Waals surface area contributed by atoms with Crippen molar-refractivity contribution in [1.82, 2.24) is 4.90 Å². The number of rotatable bonds is 4. The Balaban J connectivity index is 1.71. The van der Waals surface area contributed by atoms with Crippen LogP contribution in [0.4, 0.5) is 10.5 Å². The number of hydrogen-bond acceptors (Lipinski definition) is 10. The van der Waals surface area contributed by atoms with Crippen molar-refractivity contribution >= 4 is 40.8 Å². The molecule has 0 saturated heterocycles. The summed E-state index contributed by atoms with van der Waals surface area (Å²) in [6.07, 6.45) is -0.755. The van der Waals surface area contributed by atoms with Gasteiger partial charge in [-0.15, -0.1) is 0 Å². The van der Waals surface area contributed by atoms with E-state index in [1.165, 1.54) is 31.1 Å². The molecule has 2 amide bonds. The molecule has 0 aliphatic heterocycles. The summed E-state index contributed by atoms with van der Waals surface area (Å²) < 4.78 is 5.15. The van der Waals surface area contributed by atoms with Gasteiger partial charge in [0.05, 0.1) is 29.8 Å². The zero-order chi connectivity index (χ0) is 29.2. The highest BCUT2D eigenvalue weighted by Crippen LogP contribution is 2.51. The van der Waals surface area contributed by atoms with Crippen LogP contribution in [0.15, 0.2) is 12.1 Å². The topological polar surface area (TPSA) is 193 Å². The fourth-order valence-electron chi connectivity index (χ4n) is 6.11. The first kappa shape index (κ1) is 28.4. The number of carbonyl (C=O) groups excluding carboxylic acids is 6. The molecule has 0 spiro atoms. The summed E-state index contributed by atoms with van der Waals surface area (Å²) >= 11 is 0. The molecule has 0 heterocycles. The number of nitrogens with zero attached hydrogens (tertiary/aromatic N) is 1. The lowest BCUT2D eigenvalue weighted by Crippen LogP contribution is -2.74. The lowest BCUT2D eigenvalue weighted by Gasteiger charge is -2.52. The predicted molar refractivity (Wildman–Crippen MR) is 136 cm³/mol. The summed E-state index contributed by atoms with van der Waals surface area (Å²) in [6.45, 7) is 5.69. The number of hydrogen-bond donors (Lipinski definition) is 4. The molecule has 3 aliphatic rings. The number of nitrogens with one attached hydrogen (secondary N) is 1. The fraction of sp³-hybridized carbons (Fsp3) is 0.556. The number of aromatic hydroxyl groups is 1. The van der Waals surface area contributed by atoms with Gasteiger partial charge in [0.25, 0.3) is 0 Å². The normalized spacial score (nSPS) is 30.4. The largest absolute Gasteiger partial charge is 0.505 e. The van der Waals surface area contributed by atoms with Crippen LogP contribution in [0.25, 0.3) is 0 Å². The second kappa shape index (κ2) is 9.53. The van der Waals surface area contributed by atoms with Gasteiger partial charge in [-0.25, -0.2) is 4.79 Å². The lowest BCUT2D eigenvalue weighted by molar-refractivity contribution is -0.181. The van der Waals surface area contributed by atoms with Gasteiger partial charge in [0, 0.05) is 5.92 Å². The molecule has 12 nitrogen and oxygen atoms in total. The van der Waals surface area contributed by atoms with Crippen LogP contribution in [0.5, 0.6) is 5.75 Å². The van der Waals surface area contributed by atoms with Crippen molar-refractivity contribution in [3.63, 3.8) is 0 Å². The highest BCUT2D eigenvalue weighted by Gasteiger charge is 2.69. The van der Waals surface area contributed by atoms with E-state index in [1.54, 1.807) is 0 Å². The standard InChI is InChI=1S/C27H33N3O9/c1-26(2,3)10-39-25(37)29-14-7-6-11-8-12-9-13-18(30(4)5)21(33)17(24(28)36)23(35)27(13,38)22(34)16(12)20(32)15(11)19(14)31/h6-7,12-13,16-18,31,38H,8-10H2,1-5H3,(H2,28,36)(H,29,37)/t12-,13-,16?,17?,18+,27-/m0/s1. The first-order valence-corrected chi connectivity index (χ1v) is 12.6. The number of likely N-dealkylation sites (N-methyl/N-ethyl adjacent to an activating group) is 1. The molecule has 6 atom stereocenters. The van der Waals surface area contributed by atoms with E-state index in [-0.39, 0.29) is 36.1 Å². The van der Waals surface area contributed by atoms with Crippen LogP contribution in [-0.2, 0) is 30.3 Å². The van der Waals surface area contributed by atoms with Crippen LogP contribution >= 0.6 is 0 Å². The van der Waals surface area contributed by atoms with Crippen LogP contribution in [0, 0.1) is 29.1 Å². The Hall–Kier alpha value is -3.64. The molecule has 5 N–H and O–H groups in total. The highest BCUT2D eigenvalue weighted by molar-refractivity contribution is 6.32. The number of phenols is 1. The van der Waals surface area contributed by atoms with Crippen molar-refractivity contribution in [2.24, 2.45) is 34.8 Å². The number of amides is 2. The van der Waals surface area contributed by atoms with E-state index < -0.39 is 76.2 Å². The number of primary amides is 1. The first-order chi connectivity index (χ1) is 18.0. The van der Waals surface area contributed by atoms with E-state index in [9.17, 15) is 39.0 Å². The summed E-state index contributed by atoms with van der Waals surface area (Å²) in [5.41, 5.74) is 2.30. The molecule has 0 bridgehead atoms. The quantitative estimate of drug-likeness (QED) is 0.306. The Bertz CT molecular complexity index is 1300. The van der Waals surface area contributed by atoms with Crippen molar-refractivity contribution in [2.45, 2.75) is 45.3 Å². The summed E-state index contributed by atoms with van der Waals surface area (Å²) in [5, 5.41) is 24.9. The van der Waals surface area contributed by atoms with Crippen LogP contribution in [0.2, 0.25) is 0 Å². The van der Waals surface area contributed by atoms with E-state index in [2.05, 4.69) is 5.32 Å². The molecule has 12 heteroatoms. The SMILES string of the molecule is CN(C)[C@H]1C(=O)C(C(N)=O)C(=O)[C@@]2(O)C(=O)C3C(=O)c4c(ccc(NC(=O)OCC(C)(C)C)c4O)C[C@H]3C[C@@H]12. The zero-order valence-electron chi connectivity index (χ0n) is 22.4. The average Bonchev–Trinajstić information content (AvgIpc) is 2.81. The molecule has 3 aliphatic carbocycles. The maximum absolute atomic E-state index is 13.8. The number of Topliss-reactive ketones (excluding diaryl/α,β-unsaturated/α-hetero) is 4. The van der Waals surface area contributed by atoms with Gasteiger partial charge >= 0.3 is 6.09 Å². The minimum atomic E-state index is -2.79. The van der Waals surface area contributed by atoms with Gasteiger partial charge in [0.1, 0.15) is 5.75 Å². The van der Waals surface area contributed by atoms with E-state index >= 15 is 0 Å². The van der Waals surface area contributed by atoms with Gasteiger partial charge in [-0.1, -0.05) is 26.8 Å². The lowest BCUT2D eigenvalue weighted by atomic mass is 9.52. The van der Waals surface area contributed by atoms with E-state index in [0.717, 1.165) is 0 Å². The monoisotopic (exact) mass is 543 g/mol. The maximum atomic E-state index is 13.8. The molecule has 0 aromatic heterocycles. The van der Waals surface area contributed by atoms with Crippen molar-refractivity contribution < 1.29 is 43.7 Å². The Kier molecular flexibility index (Phi) is 6.93. The van der Waals surface area contributed by atoms with Crippen LogP contribution in [0.3, 0.4) is 0 Å². The number of fused-ring (bicyclic) bond motifs is 3. The van der Waals surface area contributed by atoms with Crippen molar-refractivity contribution in [3.8, 4) is 5.75 Å². The Morgan fingerprint density at radius 1 is 1.15 bits per heavy atom. The van der Waals surface area contributed by atoms with Gasteiger partial charge in [-0.3, -0.25) is 34.2 Å². The number of benzene rings is 1. The van der Waals surface area contributed by atoms with E-state index in [1.807, 2.05) is 20.8 Å². The van der Waals surface area contributed by atoms with Gasteiger partial charge in [0.2, 0.25) is 5.91 Å². The number of aliphatic hydroxyl groups is 1. The van der Waals surface area contributed by atoms with Crippen LogP contribution in [0.1, 0.15) is 43.1 Å². The third kappa shape index (κ3) is 4.51. The van der Waals surface area contributed by atoms with Gasteiger partial charge in [0.15, 0.2) is 34.7 Å². The molecule has 1 aromatic carbocycles. The number of ketones is 4. The number of carbonyl (C=O) groups is 6. The maximum Gasteiger partial charge on any atom is 0.411 e. The molecular weight excluding hydrogens is 510 g/mol. The van der Waals surface area contributed by atoms with Crippen molar-refractivity contribution in [3.05, 3.63) is 23.3 Å². The number of anilines is 1. The smallest absolute Gasteiger partial charge is 0.411 e. The number of nitrogens with two attached hydrogens (primary N) is 1. The molecule has 2 fully saturated rings. The highest BCUT2D eigenvalue weighted by atomic mass is 16.5. The third-order valence-electron chi connectivity index (χ3n) is 7.81. The Morgan fingerprint density at radius 3 is 2.36 bits per heavy atom. The summed E-state index contributed by atoms with van der Waals surface area (Å²) in [6, 6.07) is 1.79. The molecule has 39 heavy (non-hydrogen) atoms. The minimum Gasteiger partial charge on any atom is -0.505 e. The minimum absolute atomic E-state index is 0.0379. The molecule has 0 radical (unpaired) electrons. The summed E-state index contributed by atoms with van der Waals surface area (Å²) in [7, 11) is 3.04. The summed E-state index contributed by atoms with van der Waals surface area (Å²) in [5.74, 6) is -11.4. The third-order valence-corrected chi connectivity index (χ3v) is 7.81. The van der Waals surface area contributed by atoms with E-state index in [0.29, 0.717) is 5.56 Å². The van der Waals surface area contributed by atoms with Crippen molar-refractivity contribution in [1.29, 1.82) is 0 Å². The Labute approximate surface area is 224 Å². The Morgan fingerprint density at radius 2 is 1.79 bits per heavy atom. The average molecular weight is 544 g/mol. The molecule has 210 valence electrons. The summed E-state index contributed by atoms with van der Waals surface area (Å²) in [4.78, 5) is 79.6. The van der Waals surface area contributed by atoms with Gasteiger partial charge < -0.3 is 20.7 Å². The first-order valence-electron chi connectivity index (χ1n) is 12.6. The molecule has 4 rings (SSSR count). The zero-order valence-corrected chi connectivity index (χ0v) is 22.4. The predicted octanol–water partition coefficient (Wildman–Crippen LogP) is 0.462. The number of ether oxygens (including phenoxy) is 1. The second-order valence-corrected chi connectivity index (χ2v) is 12.0. The molecular formula is C27H33N3O9. The molecule has 1 aromatic rings. The molecule has 2 saturated carbocycles.